The Hall–Kier alpha value is -3.32. The number of esters is 1. The van der Waals surface area contributed by atoms with Crippen LogP contribution in [0.4, 0.5) is 11.4 Å². The van der Waals surface area contributed by atoms with Gasteiger partial charge in [-0.15, -0.1) is 0 Å². The van der Waals surface area contributed by atoms with Crippen LogP contribution in [-0.2, 0) is 4.74 Å². The molecule has 1 saturated carbocycles. The maximum atomic E-state index is 12.4. The van der Waals surface area contributed by atoms with Crippen molar-refractivity contribution >= 4 is 45.8 Å². The minimum Gasteiger partial charge on any atom is -0.492 e. The van der Waals surface area contributed by atoms with E-state index in [9.17, 15) is 9.59 Å². The Morgan fingerprint density at radius 2 is 1.94 bits per heavy atom. The topological polar surface area (TPSA) is 104 Å². The zero-order valence-corrected chi connectivity index (χ0v) is 20.8. The van der Waals surface area contributed by atoms with E-state index in [-0.39, 0.29) is 5.56 Å². The maximum absolute atomic E-state index is 12.4. The lowest BCUT2D eigenvalue weighted by atomic mass is 9.95. The van der Waals surface area contributed by atoms with E-state index in [2.05, 4.69) is 17.2 Å². The van der Waals surface area contributed by atoms with Gasteiger partial charge in [0.05, 0.1) is 41.1 Å². The first-order chi connectivity index (χ1) is 16.9. The maximum Gasteiger partial charge on any atom is 0.337 e. The number of rotatable bonds is 9. The Bertz CT molecular complexity index is 1250. The van der Waals surface area contributed by atoms with Crippen molar-refractivity contribution in [1.82, 2.24) is 4.98 Å². The highest BCUT2D eigenvalue weighted by Crippen LogP contribution is 2.39. The minimum atomic E-state index is -0.620. The summed E-state index contributed by atoms with van der Waals surface area (Å²) < 4.78 is 10.9. The lowest BCUT2D eigenvalue weighted by Crippen LogP contribution is -2.14. The molecular weight excluding hydrogens is 466 g/mol. The smallest absolute Gasteiger partial charge is 0.337 e. The van der Waals surface area contributed by atoms with Crippen LogP contribution >= 0.6 is 11.6 Å². The standard InChI is InChI=1S/C27H30ClN3O4/c1-3-4-9-35-24-13-20-23(14-22(24)28)30-15-21(26(29)32)25(20)31-19-11-17(16-7-5-6-8-16)10-18(12-19)27(33)34-2/h10-16H,3-9H2,1-2H3,(H2,29,32)(H,30,31). The number of pyridine rings is 1. The molecule has 3 aromatic rings. The monoisotopic (exact) mass is 495 g/mol. The van der Waals surface area contributed by atoms with Crippen LogP contribution < -0.4 is 15.8 Å². The van der Waals surface area contributed by atoms with Crippen molar-refractivity contribution in [2.75, 3.05) is 19.0 Å². The van der Waals surface area contributed by atoms with Gasteiger partial charge in [-0.1, -0.05) is 37.8 Å². The van der Waals surface area contributed by atoms with Gasteiger partial charge in [-0.25, -0.2) is 4.79 Å². The average Bonchev–Trinajstić information content (AvgIpc) is 3.39. The highest BCUT2D eigenvalue weighted by Gasteiger charge is 2.21. The summed E-state index contributed by atoms with van der Waals surface area (Å²) in [6.07, 6.45) is 7.80. The fourth-order valence-corrected chi connectivity index (χ4v) is 4.76. The number of carbonyl (C=O) groups is 2. The summed E-state index contributed by atoms with van der Waals surface area (Å²) in [5.74, 6) is -0.150. The molecule has 0 aliphatic heterocycles. The zero-order valence-electron chi connectivity index (χ0n) is 20.0. The second-order valence-electron chi connectivity index (χ2n) is 8.85. The number of ether oxygens (including phenoxy) is 2. The summed E-state index contributed by atoms with van der Waals surface area (Å²) in [7, 11) is 1.36. The Kier molecular flexibility index (Phi) is 7.76. The van der Waals surface area contributed by atoms with E-state index in [1.165, 1.54) is 13.3 Å². The molecule has 7 nitrogen and oxygen atoms in total. The van der Waals surface area contributed by atoms with Crippen LogP contribution in [-0.4, -0.2) is 30.6 Å². The van der Waals surface area contributed by atoms with Gasteiger partial charge in [0.2, 0.25) is 0 Å². The number of halogens is 1. The number of nitrogens with one attached hydrogen (secondary N) is 1. The van der Waals surface area contributed by atoms with Crippen molar-refractivity contribution in [3.8, 4) is 5.75 Å². The van der Waals surface area contributed by atoms with E-state index in [1.807, 2.05) is 12.1 Å². The number of nitrogens with zero attached hydrogens (tertiary/aromatic N) is 1. The number of aromatic nitrogens is 1. The van der Waals surface area contributed by atoms with Crippen LogP contribution in [0.2, 0.25) is 5.02 Å². The number of carbonyl (C=O) groups excluding carboxylic acids is 2. The van der Waals surface area contributed by atoms with Gasteiger partial charge in [-0.2, -0.15) is 0 Å². The summed E-state index contributed by atoms with van der Waals surface area (Å²) in [6.45, 7) is 2.61. The molecule has 1 aromatic heterocycles. The molecule has 4 rings (SSSR count). The molecular formula is C27H30ClN3O4. The van der Waals surface area contributed by atoms with Crippen LogP contribution in [0, 0.1) is 0 Å². The predicted molar refractivity (Wildman–Crippen MR) is 138 cm³/mol. The highest BCUT2D eigenvalue weighted by atomic mass is 35.5. The SMILES string of the molecule is CCCCOc1cc2c(Nc3cc(C(=O)OC)cc(C4CCCC4)c3)c(C(N)=O)cnc2cc1Cl. The molecule has 1 amide bonds. The summed E-state index contributed by atoms with van der Waals surface area (Å²) in [5.41, 5.74) is 9.18. The molecule has 0 unspecified atom stereocenters. The number of methoxy groups -OCH3 is 1. The lowest BCUT2D eigenvalue weighted by Gasteiger charge is -2.18. The van der Waals surface area contributed by atoms with Crippen molar-refractivity contribution in [3.05, 3.63) is 58.2 Å². The van der Waals surface area contributed by atoms with Gasteiger partial charge in [-0.3, -0.25) is 9.78 Å². The summed E-state index contributed by atoms with van der Waals surface area (Å²) in [6, 6.07) is 9.12. The van der Waals surface area contributed by atoms with Gasteiger partial charge >= 0.3 is 5.97 Å². The summed E-state index contributed by atoms with van der Waals surface area (Å²) in [4.78, 5) is 29.1. The van der Waals surface area contributed by atoms with Crippen LogP contribution in [0.3, 0.4) is 0 Å². The largest absolute Gasteiger partial charge is 0.492 e. The lowest BCUT2D eigenvalue weighted by molar-refractivity contribution is 0.0600. The average molecular weight is 496 g/mol. The number of fused-ring (bicyclic) bond motifs is 1. The number of benzene rings is 2. The van der Waals surface area contributed by atoms with Crippen molar-refractivity contribution in [3.63, 3.8) is 0 Å². The van der Waals surface area contributed by atoms with E-state index in [0.717, 1.165) is 44.1 Å². The number of hydrogen-bond donors (Lipinski definition) is 2. The quantitative estimate of drug-likeness (QED) is 0.264. The number of nitrogens with two attached hydrogens (primary N) is 1. The molecule has 35 heavy (non-hydrogen) atoms. The second-order valence-corrected chi connectivity index (χ2v) is 9.26. The first-order valence-electron chi connectivity index (χ1n) is 12.0. The molecule has 0 bridgehead atoms. The molecule has 0 radical (unpaired) electrons. The van der Waals surface area contributed by atoms with Gasteiger partial charge in [0.15, 0.2) is 0 Å². The molecule has 1 heterocycles. The van der Waals surface area contributed by atoms with Crippen molar-refractivity contribution in [1.29, 1.82) is 0 Å². The number of primary amides is 1. The van der Waals surface area contributed by atoms with Crippen LogP contribution in [0.15, 0.2) is 36.5 Å². The van der Waals surface area contributed by atoms with Crippen molar-refractivity contribution in [2.45, 2.75) is 51.4 Å². The molecule has 8 heteroatoms. The van der Waals surface area contributed by atoms with Crippen LogP contribution in [0.5, 0.6) is 5.75 Å². The van der Waals surface area contributed by atoms with Crippen molar-refractivity contribution in [2.24, 2.45) is 5.73 Å². The Labute approximate surface area is 210 Å². The molecule has 1 fully saturated rings. The Morgan fingerprint density at radius 1 is 1.17 bits per heavy atom. The molecule has 1 aliphatic carbocycles. The highest BCUT2D eigenvalue weighted by molar-refractivity contribution is 6.33. The Morgan fingerprint density at radius 3 is 2.63 bits per heavy atom. The minimum absolute atomic E-state index is 0.227. The summed E-state index contributed by atoms with van der Waals surface area (Å²) in [5, 5.41) is 4.43. The third-order valence-electron chi connectivity index (χ3n) is 6.41. The number of unbranched alkanes of at least 4 members (excludes halogenated alkanes) is 1. The van der Waals surface area contributed by atoms with Crippen LogP contribution in [0.1, 0.15) is 77.6 Å². The third kappa shape index (κ3) is 5.51. The number of hydrogen-bond acceptors (Lipinski definition) is 6. The molecule has 0 atom stereocenters. The van der Waals surface area contributed by atoms with E-state index < -0.39 is 11.9 Å². The van der Waals surface area contributed by atoms with E-state index >= 15 is 0 Å². The number of anilines is 2. The van der Waals surface area contributed by atoms with E-state index in [0.29, 0.717) is 51.1 Å². The number of amides is 1. The molecule has 184 valence electrons. The molecule has 0 spiro atoms. The fourth-order valence-electron chi connectivity index (χ4n) is 4.55. The van der Waals surface area contributed by atoms with Gasteiger partial charge in [0.1, 0.15) is 5.75 Å². The first-order valence-corrected chi connectivity index (χ1v) is 12.3. The van der Waals surface area contributed by atoms with E-state index in [1.54, 1.807) is 18.2 Å². The third-order valence-corrected chi connectivity index (χ3v) is 6.71. The van der Waals surface area contributed by atoms with Gasteiger partial charge in [-0.05, 0) is 61.1 Å². The summed E-state index contributed by atoms with van der Waals surface area (Å²) >= 11 is 6.43. The first kappa shape index (κ1) is 24.8. The van der Waals surface area contributed by atoms with Crippen LogP contribution in [0.25, 0.3) is 10.9 Å². The molecule has 1 aliphatic rings. The zero-order chi connectivity index (χ0) is 24.9. The van der Waals surface area contributed by atoms with Gasteiger partial charge in [0.25, 0.3) is 5.91 Å². The van der Waals surface area contributed by atoms with Crippen molar-refractivity contribution < 1.29 is 19.1 Å². The molecule has 0 saturated heterocycles. The second kappa shape index (κ2) is 11.0. The molecule has 2 aromatic carbocycles. The van der Waals surface area contributed by atoms with Gasteiger partial charge < -0.3 is 20.5 Å². The molecule has 3 N–H and O–H groups in total. The fraction of sp³-hybridized carbons (Fsp3) is 0.370. The predicted octanol–water partition coefficient (Wildman–Crippen LogP) is 6.35. The van der Waals surface area contributed by atoms with Gasteiger partial charge in [0, 0.05) is 17.3 Å². The van der Waals surface area contributed by atoms with E-state index in [4.69, 9.17) is 26.8 Å². The Balaban J connectivity index is 1.82. The normalized spacial score (nSPS) is 13.7.